The second kappa shape index (κ2) is 6.95. The number of nitro benzene ring substituents is 1. The first kappa shape index (κ1) is 15.9. The first-order valence-corrected chi connectivity index (χ1v) is 7.37. The van der Waals surface area contributed by atoms with Crippen LogP contribution in [0.3, 0.4) is 0 Å². The Labute approximate surface area is 123 Å². The molecule has 0 spiro atoms. The van der Waals surface area contributed by atoms with E-state index in [2.05, 4.69) is 5.32 Å². The molecule has 5 nitrogen and oxygen atoms in total. The molecule has 0 amide bonds. The van der Waals surface area contributed by atoms with Crippen LogP contribution in [0.5, 0.6) is 0 Å². The minimum atomic E-state index is -0.803. The highest BCUT2D eigenvalue weighted by Crippen LogP contribution is 2.26. The first-order valence-electron chi connectivity index (χ1n) is 7.37. The Kier molecular flexibility index (Phi) is 5.25. The van der Waals surface area contributed by atoms with Gasteiger partial charge in [0.15, 0.2) is 0 Å². The van der Waals surface area contributed by atoms with Crippen molar-refractivity contribution < 1.29 is 14.4 Å². The molecule has 2 rings (SSSR count). The first-order chi connectivity index (χ1) is 10.0. The molecule has 1 aromatic rings. The summed E-state index contributed by atoms with van der Waals surface area (Å²) < 4.78 is 13.9. The molecule has 1 aliphatic rings. The molecule has 1 aliphatic carbocycles. The number of halogens is 1. The van der Waals surface area contributed by atoms with Crippen molar-refractivity contribution >= 4 is 5.69 Å². The van der Waals surface area contributed by atoms with Crippen LogP contribution >= 0.6 is 0 Å². The summed E-state index contributed by atoms with van der Waals surface area (Å²) in [6.45, 7) is 0.560. The lowest BCUT2D eigenvalue weighted by Gasteiger charge is -2.27. The number of nitrogens with one attached hydrogen (secondary N) is 1. The predicted molar refractivity (Wildman–Crippen MR) is 77.4 cm³/mol. The summed E-state index contributed by atoms with van der Waals surface area (Å²) in [4.78, 5) is 9.96. The Morgan fingerprint density at radius 3 is 2.57 bits per heavy atom. The number of benzene rings is 1. The summed E-state index contributed by atoms with van der Waals surface area (Å²) in [5.74, 6) is -0.803. The van der Waals surface area contributed by atoms with Gasteiger partial charge in [-0.1, -0.05) is 37.8 Å². The average Bonchev–Trinajstić information content (AvgIpc) is 2.65. The molecule has 21 heavy (non-hydrogen) atoms. The van der Waals surface area contributed by atoms with Gasteiger partial charge in [-0.05, 0) is 12.8 Å². The number of nitrogens with zero attached hydrogens (tertiary/aromatic N) is 1. The monoisotopic (exact) mass is 296 g/mol. The Bertz CT molecular complexity index is 500. The molecule has 0 saturated heterocycles. The minimum absolute atomic E-state index is 0.176. The molecule has 116 valence electrons. The highest BCUT2D eigenvalue weighted by Gasteiger charge is 2.27. The van der Waals surface area contributed by atoms with E-state index in [4.69, 9.17) is 0 Å². The normalized spacial score (nSPS) is 18.2. The lowest BCUT2D eigenvalue weighted by molar-refractivity contribution is -0.387. The average molecular weight is 296 g/mol. The third-order valence-corrected chi connectivity index (χ3v) is 4.06. The van der Waals surface area contributed by atoms with Crippen LogP contribution in [0.4, 0.5) is 10.1 Å². The minimum Gasteiger partial charge on any atom is -0.389 e. The van der Waals surface area contributed by atoms with E-state index in [9.17, 15) is 19.6 Å². The lowest BCUT2D eigenvalue weighted by Crippen LogP contribution is -2.40. The Morgan fingerprint density at radius 1 is 1.29 bits per heavy atom. The van der Waals surface area contributed by atoms with Gasteiger partial charge in [0, 0.05) is 24.7 Å². The fraction of sp³-hybridized carbons (Fsp3) is 0.600. The predicted octanol–water partition coefficient (Wildman–Crippen LogP) is 2.91. The summed E-state index contributed by atoms with van der Waals surface area (Å²) in [6, 6.07) is 4.14. The van der Waals surface area contributed by atoms with Gasteiger partial charge in [-0.15, -0.1) is 0 Å². The van der Waals surface area contributed by atoms with Gasteiger partial charge in [0.1, 0.15) is 0 Å². The summed E-state index contributed by atoms with van der Waals surface area (Å²) in [7, 11) is 0. The van der Waals surface area contributed by atoms with E-state index in [1.54, 1.807) is 0 Å². The molecule has 0 bridgehead atoms. The summed E-state index contributed by atoms with van der Waals surface area (Å²) in [5.41, 5.74) is -1.00. The van der Waals surface area contributed by atoms with Gasteiger partial charge in [0.2, 0.25) is 5.82 Å². The fourth-order valence-corrected chi connectivity index (χ4v) is 2.84. The molecule has 6 heteroatoms. The Balaban J connectivity index is 1.94. The van der Waals surface area contributed by atoms with Crippen molar-refractivity contribution in [1.29, 1.82) is 0 Å². The van der Waals surface area contributed by atoms with Gasteiger partial charge in [0.25, 0.3) is 0 Å². The van der Waals surface area contributed by atoms with Crippen molar-refractivity contribution in [3.63, 3.8) is 0 Å². The highest BCUT2D eigenvalue weighted by atomic mass is 19.1. The second-order valence-corrected chi connectivity index (χ2v) is 5.75. The van der Waals surface area contributed by atoms with Crippen LogP contribution in [0.2, 0.25) is 0 Å². The quantitative estimate of drug-likeness (QED) is 0.497. The molecule has 1 saturated carbocycles. The smallest absolute Gasteiger partial charge is 0.305 e. The molecule has 0 aromatic heterocycles. The van der Waals surface area contributed by atoms with Crippen molar-refractivity contribution in [1.82, 2.24) is 5.32 Å². The van der Waals surface area contributed by atoms with E-state index in [0.29, 0.717) is 6.54 Å². The standard InChI is InChI=1S/C15H21FN2O3/c16-14-12(6-5-7-13(14)18(20)21)10-17-11-15(19)8-3-1-2-4-9-15/h5-7,17,19H,1-4,8-11H2. The van der Waals surface area contributed by atoms with Crippen LogP contribution in [0.25, 0.3) is 0 Å². The van der Waals surface area contributed by atoms with Crippen molar-refractivity contribution in [3.8, 4) is 0 Å². The molecule has 0 radical (unpaired) electrons. The second-order valence-electron chi connectivity index (χ2n) is 5.75. The number of nitro groups is 1. The van der Waals surface area contributed by atoms with E-state index in [0.717, 1.165) is 44.6 Å². The highest BCUT2D eigenvalue weighted by molar-refractivity contribution is 5.36. The number of hydrogen-bond acceptors (Lipinski definition) is 4. The van der Waals surface area contributed by atoms with Gasteiger partial charge in [-0.2, -0.15) is 4.39 Å². The molecule has 1 fully saturated rings. The van der Waals surface area contributed by atoms with Gasteiger partial charge in [0.05, 0.1) is 10.5 Å². The molecule has 0 atom stereocenters. The Morgan fingerprint density at radius 2 is 1.95 bits per heavy atom. The molecule has 0 unspecified atom stereocenters. The lowest BCUT2D eigenvalue weighted by atomic mass is 9.94. The topological polar surface area (TPSA) is 75.4 Å². The van der Waals surface area contributed by atoms with E-state index in [1.807, 2.05) is 0 Å². The molecular formula is C15H21FN2O3. The van der Waals surface area contributed by atoms with Crippen molar-refractivity contribution in [3.05, 3.63) is 39.7 Å². The van der Waals surface area contributed by atoms with Crippen LogP contribution in [0.15, 0.2) is 18.2 Å². The zero-order chi connectivity index (χ0) is 15.3. The fourth-order valence-electron chi connectivity index (χ4n) is 2.84. The molecule has 0 heterocycles. The van der Waals surface area contributed by atoms with Crippen LogP contribution in [0, 0.1) is 15.9 Å². The number of aliphatic hydroxyl groups is 1. The maximum Gasteiger partial charge on any atom is 0.305 e. The summed E-state index contributed by atoms with van der Waals surface area (Å²) >= 11 is 0. The molecular weight excluding hydrogens is 275 g/mol. The summed E-state index contributed by atoms with van der Waals surface area (Å²) in [5, 5.41) is 24.2. The molecule has 0 aliphatic heterocycles. The molecule has 2 N–H and O–H groups in total. The van der Waals surface area contributed by atoms with Crippen LogP contribution in [0.1, 0.15) is 44.1 Å². The largest absolute Gasteiger partial charge is 0.389 e. The number of rotatable bonds is 5. The SMILES string of the molecule is O=[N+]([O-])c1cccc(CNCC2(O)CCCCCC2)c1F. The van der Waals surface area contributed by atoms with Gasteiger partial charge in [-0.3, -0.25) is 10.1 Å². The van der Waals surface area contributed by atoms with E-state index in [-0.39, 0.29) is 12.1 Å². The van der Waals surface area contributed by atoms with Crippen molar-refractivity contribution in [2.24, 2.45) is 0 Å². The molecule has 1 aromatic carbocycles. The maximum atomic E-state index is 13.9. The third kappa shape index (κ3) is 4.22. The van der Waals surface area contributed by atoms with Crippen molar-refractivity contribution in [2.75, 3.05) is 6.54 Å². The number of hydrogen-bond donors (Lipinski definition) is 2. The third-order valence-electron chi connectivity index (χ3n) is 4.06. The zero-order valence-electron chi connectivity index (χ0n) is 12.0. The summed E-state index contributed by atoms with van der Waals surface area (Å²) in [6.07, 6.45) is 5.78. The Hall–Kier alpha value is -1.53. The maximum absolute atomic E-state index is 13.9. The van der Waals surface area contributed by atoms with E-state index >= 15 is 0 Å². The van der Waals surface area contributed by atoms with Crippen LogP contribution < -0.4 is 5.32 Å². The zero-order valence-corrected chi connectivity index (χ0v) is 12.0. The van der Waals surface area contributed by atoms with E-state index < -0.39 is 22.0 Å². The van der Waals surface area contributed by atoms with Gasteiger partial charge >= 0.3 is 5.69 Å². The van der Waals surface area contributed by atoms with Crippen LogP contribution in [-0.4, -0.2) is 22.2 Å². The van der Waals surface area contributed by atoms with Gasteiger partial charge < -0.3 is 10.4 Å². The van der Waals surface area contributed by atoms with Gasteiger partial charge in [-0.25, -0.2) is 0 Å². The van der Waals surface area contributed by atoms with E-state index in [1.165, 1.54) is 12.1 Å². The van der Waals surface area contributed by atoms with Crippen molar-refractivity contribution in [2.45, 2.75) is 50.7 Å². The van der Waals surface area contributed by atoms with Crippen LogP contribution in [-0.2, 0) is 6.54 Å².